The van der Waals surface area contributed by atoms with Gasteiger partial charge in [-0.15, -0.1) is 0 Å². The van der Waals surface area contributed by atoms with Crippen molar-refractivity contribution in [1.29, 1.82) is 0 Å². The fourth-order valence-electron chi connectivity index (χ4n) is 1.66. The Labute approximate surface area is 112 Å². The van der Waals surface area contributed by atoms with Crippen LogP contribution in [0.5, 0.6) is 0 Å². The van der Waals surface area contributed by atoms with Crippen LogP contribution in [-0.4, -0.2) is 33.7 Å². The van der Waals surface area contributed by atoms with E-state index in [1.54, 1.807) is 12.2 Å². The zero-order valence-electron chi connectivity index (χ0n) is 10.6. The lowest BCUT2D eigenvalue weighted by molar-refractivity contribution is -0.136. The van der Waals surface area contributed by atoms with Gasteiger partial charge >= 0.3 is 0 Å². The third-order valence-corrected chi connectivity index (χ3v) is 3.06. The monoisotopic (exact) mass is 284 g/mol. The molecule has 0 unspecified atom stereocenters. The van der Waals surface area contributed by atoms with E-state index in [0.29, 0.717) is 6.61 Å². The van der Waals surface area contributed by atoms with E-state index in [4.69, 9.17) is 13.7 Å². The summed E-state index contributed by atoms with van der Waals surface area (Å²) in [5, 5.41) is 0. The number of hydrogen-bond donors (Lipinski definition) is 0. The summed E-state index contributed by atoms with van der Waals surface area (Å²) in [4.78, 5) is 0. The first kappa shape index (κ1) is 14.2. The molecule has 0 aliphatic carbocycles. The Hall–Kier alpha value is -1.21. The fraction of sp³-hybridized carbons (Fsp3) is 0.385. The molecule has 1 aliphatic rings. The van der Waals surface area contributed by atoms with Gasteiger partial charge in [-0.25, -0.2) is 0 Å². The predicted octanol–water partition coefficient (Wildman–Crippen LogP) is 1.46. The van der Waals surface area contributed by atoms with Gasteiger partial charge in [-0.2, -0.15) is 8.42 Å². The molecule has 1 aromatic rings. The quantitative estimate of drug-likeness (QED) is 0.605. The first-order chi connectivity index (χ1) is 9.03. The fourth-order valence-corrected chi connectivity index (χ4v) is 2.22. The van der Waals surface area contributed by atoms with E-state index >= 15 is 0 Å². The van der Waals surface area contributed by atoms with Gasteiger partial charge in [-0.05, 0) is 11.6 Å². The zero-order valence-corrected chi connectivity index (χ0v) is 11.4. The van der Waals surface area contributed by atoms with E-state index in [9.17, 15) is 8.42 Å². The Kier molecular flexibility index (Phi) is 4.71. The third kappa shape index (κ3) is 5.12. The third-order valence-electron chi connectivity index (χ3n) is 2.46. The van der Waals surface area contributed by atoms with Crippen molar-refractivity contribution in [3.05, 3.63) is 48.0 Å². The van der Waals surface area contributed by atoms with Gasteiger partial charge in [0, 0.05) is 0 Å². The molecule has 6 heteroatoms. The SMILES string of the molecule is CS(=O)(=O)O[C@H]1C=C[C@H](OCc2ccccc2)OC1. The molecule has 1 aromatic carbocycles. The molecule has 0 aromatic heterocycles. The molecule has 1 heterocycles. The molecule has 5 nitrogen and oxygen atoms in total. The highest BCUT2D eigenvalue weighted by molar-refractivity contribution is 7.86. The Bertz CT molecular complexity index is 523. The van der Waals surface area contributed by atoms with Crippen molar-refractivity contribution in [1.82, 2.24) is 0 Å². The molecule has 1 aliphatic heterocycles. The second-order valence-electron chi connectivity index (χ2n) is 4.22. The van der Waals surface area contributed by atoms with Crippen molar-refractivity contribution >= 4 is 10.1 Å². The molecule has 19 heavy (non-hydrogen) atoms. The molecule has 0 saturated carbocycles. The standard InChI is InChI=1S/C13H16O5S/c1-19(14,15)18-12-7-8-13(17-10-12)16-9-11-5-3-2-4-6-11/h2-8,12-13H,9-10H2,1H3/t12-,13+/m0/s1. The lowest BCUT2D eigenvalue weighted by Gasteiger charge is -2.23. The topological polar surface area (TPSA) is 61.8 Å². The van der Waals surface area contributed by atoms with E-state index in [1.165, 1.54) is 0 Å². The van der Waals surface area contributed by atoms with E-state index in [0.717, 1.165) is 11.8 Å². The van der Waals surface area contributed by atoms with E-state index in [1.807, 2.05) is 30.3 Å². The molecule has 104 valence electrons. The average molecular weight is 284 g/mol. The summed E-state index contributed by atoms with van der Waals surface area (Å²) in [7, 11) is -3.47. The summed E-state index contributed by atoms with van der Waals surface area (Å²) < 4.78 is 37.6. The van der Waals surface area contributed by atoms with Crippen LogP contribution in [0.15, 0.2) is 42.5 Å². The normalized spacial score (nSPS) is 23.4. The number of ether oxygens (including phenoxy) is 2. The molecule has 2 rings (SSSR count). The van der Waals surface area contributed by atoms with Crippen LogP contribution < -0.4 is 0 Å². The first-order valence-corrected chi connectivity index (χ1v) is 7.68. The average Bonchev–Trinajstić information content (AvgIpc) is 2.37. The van der Waals surface area contributed by atoms with Gasteiger partial charge in [0.05, 0.1) is 19.5 Å². The first-order valence-electron chi connectivity index (χ1n) is 5.87. The van der Waals surface area contributed by atoms with Crippen molar-refractivity contribution in [2.24, 2.45) is 0 Å². The van der Waals surface area contributed by atoms with Crippen molar-refractivity contribution in [2.45, 2.75) is 19.0 Å². The van der Waals surface area contributed by atoms with Gasteiger partial charge in [0.15, 0.2) is 6.29 Å². The van der Waals surface area contributed by atoms with Gasteiger partial charge < -0.3 is 9.47 Å². The molecule has 0 saturated heterocycles. The molecular weight excluding hydrogens is 268 g/mol. The van der Waals surface area contributed by atoms with Crippen LogP contribution in [0, 0.1) is 0 Å². The molecule has 0 spiro atoms. The Morgan fingerprint density at radius 1 is 1.26 bits per heavy atom. The minimum absolute atomic E-state index is 0.156. The van der Waals surface area contributed by atoms with Crippen molar-refractivity contribution in [3.8, 4) is 0 Å². The number of benzene rings is 1. The lowest BCUT2D eigenvalue weighted by Crippen LogP contribution is -2.29. The highest BCUT2D eigenvalue weighted by atomic mass is 32.2. The highest BCUT2D eigenvalue weighted by Gasteiger charge is 2.20. The van der Waals surface area contributed by atoms with Gasteiger partial charge in [0.1, 0.15) is 6.10 Å². The van der Waals surface area contributed by atoms with Crippen molar-refractivity contribution in [2.75, 3.05) is 12.9 Å². The summed E-state index contributed by atoms with van der Waals surface area (Å²) in [6, 6.07) is 9.73. The second-order valence-corrected chi connectivity index (χ2v) is 5.82. The smallest absolute Gasteiger partial charge is 0.265 e. The second kappa shape index (κ2) is 6.29. The van der Waals surface area contributed by atoms with Crippen molar-refractivity contribution in [3.63, 3.8) is 0 Å². The molecule has 0 amide bonds. The summed E-state index contributed by atoms with van der Waals surface area (Å²) in [5.41, 5.74) is 1.05. The minimum atomic E-state index is -3.47. The summed E-state index contributed by atoms with van der Waals surface area (Å²) in [5.74, 6) is 0. The van der Waals surface area contributed by atoms with Gasteiger partial charge in [-0.3, -0.25) is 4.18 Å². The zero-order chi connectivity index (χ0) is 13.7. The lowest BCUT2D eigenvalue weighted by atomic mass is 10.2. The minimum Gasteiger partial charge on any atom is -0.346 e. The molecule has 2 atom stereocenters. The van der Waals surface area contributed by atoms with Crippen LogP contribution in [0.25, 0.3) is 0 Å². The molecule has 0 N–H and O–H groups in total. The van der Waals surface area contributed by atoms with Crippen molar-refractivity contribution < 1.29 is 22.1 Å². The molecule has 0 bridgehead atoms. The number of hydrogen-bond acceptors (Lipinski definition) is 5. The van der Waals surface area contributed by atoms with E-state index in [-0.39, 0.29) is 6.61 Å². The largest absolute Gasteiger partial charge is 0.346 e. The van der Waals surface area contributed by atoms with Crippen LogP contribution in [0.3, 0.4) is 0 Å². The summed E-state index contributed by atoms with van der Waals surface area (Å²) in [6.45, 7) is 0.594. The van der Waals surface area contributed by atoms with Gasteiger partial charge in [0.2, 0.25) is 0 Å². The van der Waals surface area contributed by atoms with Crippen LogP contribution in [0.4, 0.5) is 0 Å². The van der Waals surface area contributed by atoms with Crippen LogP contribution in [-0.2, 0) is 30.4 Å². The van der Waals surface area contributed by atoms with Gasteiger partial charge in [0.25, 0.3) is 10.1 Å². The molecular formula is C13H16O5S. The van der Waals surface area contributed by atoms with Crippen LogP contribution >= 0.6 is 0 Å². The Balaban J connectivity index is 1.81. The van der Waals surface area contributed by atoms with E-state index in [2.05, 4.69) is 0 Å². The summed E-state index contributed by atoms with van der Waals surface area (Å²) >= 11 is 0. The maximum Gasteiger partial charge on any atom is 0.265 e. The maximum absolute atomic E-state index is 10.9. The molecule has 0 radical (unpaired) electrons. The number of rotatable bonds is 5. The van der Waals surface area contributed by atoms with Crippen LogP contribution in [0.1, 0.15) is 5.56 Å². The summed E-state index contributed by atoms with van der Waals surface area (Å²) in [6.07, 6.45) is 3.26. The Morgan fingerprint density at radius 2 is 2.00 bits per heavy atom. The maximum atomic E-state index is 10.9. The van der Waals surface area contributed by atoms with Gasteiger partial charge in [-0.1, -0.05) is 36.4 Å². The highest BCUT2D eigenvalue weighted by Crippen LogP contribution is 2.13. The van der Waals surface area contributed by atoms with Crippen LogP contribution in [0.2, 0.25) is 0 Å². The Morgan fingerprint density at radius 3 is 2.58 bits per heavy atom. The van der Waals surface area contributed by atoms with E-state index < -0.39 is 22.5 Å². The molecule has 0 fully saturated rings. The predicted molar refractivity (Wildman–Crippen MR) is 69.8 cm³/mol.